The summed E-state index contributed by atoms with van der Waals surface area (Å²) in [6, 6.07) is 12.1. The number of nitro groups is 1. The van der Waals surface area contributed by atoms with Crippen molar-refractivity contribution in [2.24, 2.45) is 5.73 Å². The molecule has 2 aromatic rings. The van der Waals surface area contributed by atoms with E-state index in [2.05, 4.69) is 0 Å². The van der Waals surface area contributed by atoms with E-state index in [-0.39, 0.29) is 28.3 Å². The predicted molar refractivity (Wildman–Crippen MR) is 87.4 cm³/mol. The third kappa shape index (κ3) is 3.88. The third-order valence-corrected chi connectivity index (χ3v) is 3.25. The van der Waals surface area contributed by atoms with Gasteiger partial charge in [-0.25, -0.2) is 0 Å². The van der Waals surface area contributed by atoms with Gasteiger partial charge in [-0.3, -0.25) is 14.9 Å². The van der Waals surface area contributed by atoms with Gasteiger partial charge in [0.15, 0.2) is 0 Å². The van der Waals surface area contributed by atoms with Gasteiger partial charge in [0.05, 0.1) is 9.95 Å². The van der Waals surface area contributed by atoms with Gasteiger partial charge in [0.1, 0.15) is 17.4 Å². The maximum absolute atomic E-state index is 11.3. The average molecular weight is 344 g/mol. The lowest BCUT2D eigenvalue weighted by atomic mass is 10.1. The number of nitrogens with zero attached hydrogens (tertiary/aromatic N) is 2. The SMILES string of the molecule is N#C/C(=C\c1ccc(Oc2ccccc2Cl)c([N+](=O)[O-])c1)C(N)=O. The summed E-state index contributed by atoms with van der Waals surface area (Å²) in [7, 11) is 0. The molecule has 0 saturated carbocycles. The van der Waals surface area contributed by atoms with Crippen LogP contribution in [-0.2, 0) is 4.79 Å². The van der Waals surface area contributed by atoms with Crippen LogP contribution in [0.25, 0.3) is 6.08 Å². The number of halogens is 1. The van der Waals surface area contributed by atoms with E-state index in [0.717, 1.165) is 6.08 Å². The van der Waals surface area contributed by atoms with Gasteiger partial charge < -0.3 is 10.5 Å². The molecule has 0 aliphatic heterocycles. The molecule has 1 amide bonds. The van der Waals surface area contributed by atoms with E-state index >= 15 is 0 Å². The highest BCUT2D eigenvalue weighted by atomic mass is 35.5. The molecule has 24 heavy (non-hydrogen) atoms. The number of para-hydroxylation sites is 1. The second-order valence-electron chi connectivity index (χ2n) is 4.55. The zero-order valence-corrected chi connectivity index (χ0v) is 12.9. The summed E-state index contributed by atoms with van der Waals surface area (Å²) in [5, 5.41) is 20.4. The van der Waals surface area contributed by atoms with Crippen LogP contribution in [0.4, 0.5) is 5.69 Å². The number of amides is 1. The van der Waals surface area contributed by atoms with Gasteiger partial charge in [0.25, 0.3) is 5.91 Å². The van der Waals surface area contributed by atoms with E-state index < -0.39 is 10.8 Å². The molecule has 0 aliphatic rings. The number of hydrogen-bond donors (Lipinski definition) is 1. The van der Waals surface area contributed by atoms with Crippen molar-refractivity contribution in [3.05, 3.63) is 68.7 Å². The lowest BCUT2D eigenvalue weighted by Gasteiger charge is -2.08. The van der Waals surface area contributed by atoms with Gasteiger partial charge in [-0.15, -0.1) is 0 Å². The molecule has 2 N–H and O–H groups in total. The Hall–Kier alpha value is -3.37. The van der Waals surface area contributed by atoms with Crippen LogP contribution < -0.4 is 10.5 Å². The van der Waals surface area contributed by atoms with Crippen molar-refractivity contribution in [3.8, 4) is 17.6 Å². The molecule has 2 rings (SSSR count). The Kier molecular flexibility index (Phi) is 5.14. The predicted octanol–water partition coefficient (Wildman–Crippen LogP) is 3.43. The van der Waals surface area contributed by atoms with Crippen LogP contribution in [0.1, 0.15) is 5.56 Å². The number of ether oxygens (including phenoxy) is 1. The third-order valence-electron chi connectivity index (χ3n) is 2.93. The maximum atomic E-state index is 11.3. The number of hydrogen-bond acceptors (Lipinski definition) is 5. The van der Waals surface area contributed by atoms with Gasteiger partial charge in [0.2, 0.25) is 5.75 Å². The number of carbonyl (C=O) groups excluding carboxylic acids is 1. The molecule has 2 aromatic carbocycles. The molecule has 0 atom stereocenters. The molecule has 0 saturated heterocycles. The first-order valence-corrected chi connectivity index (χ1v) is 6.92. The molecule has 0 bridgehead atoms. The number of carbonyl (C=O) groups is 1. The zero-order valence-electron chi connectivity index (χ0n) is 12.1. The van der Waals surface area contributed by atoms with E-state index in [9.17, 15) is 14.9 Å². The molecular weight excluding hydrogens is 334 g/mol. The average Bonchev–Trinajstić information content (AvgIpc) is 2.55. The molecule has 0 aliphatic carbocycles. The molecule has 0 radical (unpaired) electrons. The minimum absolute atomic E-state index is 0.0252. The van der Waals surface area contributed by atoms with Crippen molar-refractivity contribution in [1.29, 1.82) is 5.26 Å². The van der Waals surface area contributed by atoms with E-state index in [1.54, 1.807) is 30.3 Å². The van der Waals surface area contributed by atoms with Crippen LogP contribution in [0.15, 0.2) is 48.0 Å². The van der Waals surface area contributed by atoms with Crippen molar-refractivity contribution in [1.82, 2.24) is 0 Å². The fraction of sp³-hybridized carbons (Fsp3) is 0. The summed E-state index contributed by atoms with van der Waals surface area (Å²) in [4.78, 5) is 21.7. The molecule has 8 heteroatoms. The van der Waals surface area contributed by atoms with E-state index in [0.29, 0.717) is 5.02 Å². The van der Waals surface area contributed by atoms with Crippen molar-refractivity contribution in [3.63, 3.8) is 0 Å². The Bertz CT molecular complexity index is 887. The Morgan fingerprint density at radius 1 is 1.29 bits per heavy atom. The highest BCUT2D eigenvalue weighted by Crippen LogP contribution is 2.35. The number of nitrogens with two attached hydrogens (primary N) is 1. The Morgan fingerprint density at radius 2 is 2.00 bits per heavy atom. The van der Waals surface area contributed by atoms with Crippen LogP contribution >= 0.6 is 11.6 Å². The standard InChI is InChI=1S/C16H10ClN3O4/c17-12-3-1-2-4-14(12)24-15-6-5-10(8-13(15)20(22)23)7-11(9-18)16(19)21/h1-8H,(H2,19,21)/b11-7+. The summed E-state index contributed by atoms with van der Waals surface area (Å²) in [6.07, 6.45) is 1.16. The number of nitriles is 1. The second-order valence-corrected chi connectivity index (χ2v) is 4.96. The Balaban J connectivity index is 2.45. The van der Waals surface area contributed by atoms with Crippen LogP contribution in [0.5, 0.6) is 11.5 Å². The minimum Gasteiger partial charge on any atom is -0.449 e. The molecule has 0 aromatic heterocycles. The van der Waals surface area contributed by atoms with Gasteiger partial charge >= 0.3 is 5.69 Å². The van der Waals surface area contributed by atoms with Crippen molar-refractivity contribution < 1.29 is 14.5 Å². The monoisotopic (exact) mass is 343 g/mol. The number of primary amides is 1. The smallest absolute Gasteiger partial charge is 0.312 e. The molecule has 120 valence electrons. The lowest BCUT2D eigenvalue weighted by molar-refractivity contribution is -0.385. The van der Waals surface area contributed by atoms with Crippen LogP contribution in [0, 0.1) is 21.4 Å². The molecule has 0 spiro atoms. The quantitative estimate of drug-likeness (QED) is 0.386. The lowest BCUT2D eigenvalue weighted by Crippen LogP contribution is -2.12. The van der Waals surface area contributed by atoms with Gasteiger partial charge in [0, 0.05) is 6.07 Å². The number of nitro benzene ring substituents is 1. The molecule has 7 nitrogen and oxygen atoms in total. The van der Waals surface area contributed by atoms with Crippen molar-refractivity contribution >= 4 is 29.3 Å². The summed E-state index contributed by atoms with van der Waals surface area (Å²) in [5.74, 6) is -0.681. The summed E-state index contributed by atoms with van der Waals surface area (Å²) in [6.45, 7) is 0. The highest BCUT2D eigenvalue weighted by molar-refractivity contribution is 6.32. The molecular formula is C16H10ClN3O4. The zero-order chi connectivity index (χ0) is 17.7. The first-order valence-electron chi connectivity index (χ1n) is 6.55. The molecule has 0 unspecified atom stereocenters. The summed E-state index contributed by atoms with van der Waals surface area (Å²) < 4.78 is 5.48. The first-order chi connectivity index (χ1) is 11.4. The maximum Gasteiger partial charge on any atom is 0.312 e. The van der Waals surface area contributed by atoms with E-state index in [4.69, 9.17) is 27.3 Å². The molecule has 0 heterocycles. The second kappa shape index (κ2) is 7.26. The number of rotatable bonds is 5. The van der Waals surface area contributed by atoms with Crippen LogP contribution in [0.2, 0.25) is 5.02 Å². The van der Waals surface area contributed by atoms with E-state index in [1.165, 1.54) is 18.2 Å². The molecule has 0 fully saturated rings. The van der Waals surface area contributed by atoms with Gasteiger partial charge in [-0.2, -0.15) is 5.26 Å². The minimum atomic E-state index is -0.920. The number of benzene rings is 2. The van der Waals surface area contributed by atoms with Crippen molar-refractivity contribution in [2.75, 3.05) is 0 Å². The Morgan fingerprint density at radius 3 is 2.58 bits per heavy atom. The Labute approximate surface area is 141 Å². The fourth-order valence-corrected chi connectivity index (χ4v) is 2.00. The fourth-order valence-electron chi connectivity index (χ4n) is 1.82. The van der Waals surface area contributed by atoms with Gasteiger partial charge in [-0.05, 0) is 29.8 Å². The largest absolute Gasteiger partial charge is 0.449 e. The highest BCUT2D eigenvalue weighted by Gasteiger charge is 2.18. The van der Waals surface area contributed by atoms with E-state index in [1.807, 2.05) is 0 Å². The van der Waals surface area contributed by atoms with Crippen molar-refractivity contribution in [2.45, 2.75) is 0 Å². The van der Waals surface area contributed by atoms with Crippen LogP contribution in [0.3, 0.4) is 0 Å². The van der Waals surface area contributed by atoms with Crippen LogP contribution in [-0.4, -0.2) is 10.8 Å². The summed E-state index contributed by atoms with van der Waals surface area (Å²) >= 11 is 5.97. The topological polar surface area (TPSA) is 119 Å². The first kappa shape index (κ1) is 17.0. The van der Waals surface area contributed by atoms with Gasteiger partial charge in [-0.1, -0.05) is 29.8 Å². The normalized spacial score (nSPS) is 10.8. The summed E-state index contributed by atoms with van der Waals surface area (Å²) in [5.41, 5.74) is 4.65.